The molecule has 3 heterocycles. The number of hydrogen-bond donors (Lipinski definition) is 5. The standard InChI is InChI=1S/C30H33FN7O8P/c1-2-26(39)45-37-47(42,46-22-6-4-3-5-7-22)43-16-24-27(40)28(41)30(17-32,44-24)25-13-12-23-29(35-18-36-38(23)25)34-15-21(33)14-19-8-10-20(31)11-9-19/h3-13,18,21,24,27-28,40-41H,2,14-16,33H2,1H3,(H,37,42)(H,34,35,36)/t21?,24-,27-,28-,30+,47?/m1/s1. The molecule has 4 aromatic rings. The third-order valence-corrected chi connectivity index (χ3v) is 8.59. The summed E-state index contributed by atoms with van der Waals surface area (Å²) < 4.78 is 44.9. The first-order valence-electron chi connectivity index (χ1n) is 14.6. The lowest BCUT2D eigenvalue weighted by molar-refractivity contribution is -0.147. The number of anilines is 1. The maximum Gasteiger partial charge on any atom is 0.491 e. The van der Waals surface area contributed by atoms with Crippen LogP contribution >= 0.6 is 7.75 Å². The number of carbonyl (C=O) groups excluding carboxylic acids is 1. The van der Waals surface area contributed by atoms with Gasteiger partial charge in [-0.05, 0) is 53.6 Å². The largest absolute Gasteiger partial charge is 0.491 e. The molecule has 0 amide bonds. The van der Waals surface area contributed by atoms with Crippen molar-refractivity contribution in [2.24, 2.45) is 5.73 Å². The second-order valence-corrected chi connectivity index (χ2v) is 12.3. The van der Waals surface area contributed by atoms with Crippen molar-refractivity contribution in [2.75, 3.05) is 18.5 Å². The van der Waals surface area contributed by atoms with Crippen molar-refractivity contribution >= 4 is 25.1 Å². The zero-order chi connectivity index (χ0) is 33.6. The molecule has 6 N–H and O–H groups in total. The minimum Gasteiger partial charge on any atom is -0.411 e. The predicted molar refractivity (Wildman–Crippen MR) is 164 cm³/mol. The van der Waals surface area contributed by atoms with Crippen LogP contribution in [-0.4, -0.2) is 68.3 Å². The monoisotopic (exact) mass is 669 g/mol. The molecule has 1 saturated heterocycles. The topological polar surface area (TPSA) is 216 Å². The molecule has 47 heavy (non-hydrogen) atoms. The van der Waals surface area contributed by atoms with Crippen molar-refractivity contribution < 1.29 is 42.6 Å². The predicted octanol–water partition coefficient (Wildman–Crippen LogP) is 2.35. The molecule has 0 spiro atoms. The Kier molecular flexibility index (Phi) is 10.5. The van der Waals surface area contributed by atoms with E-state index < -0.39 is 44.2 Å². The van der Waals surface area contributed by atoms with Gasteiger partial charge in [-0.2, -0.15) is 10.4 Å². The van der Waals surface area contributed by atoms with Crippen LogP contribution in [0.1, 0.15) is 24.6 Å². The molecule has 1 aliphatic rings. The Morgan fingerprint density at radius 1 is 1.21 bits per heavy atom. The molecule has 2 aromatic heterocycles. The number of nitrogens with one attached hydrogen (secondary N) is 2. The number of aromatic nitrogens is 3. The smallest absolute Gasteiger partial charge is 0.411 e. The number of aliphatic hydroxyl groups is 2. The summed E-state index contributed by atoms with van der Waals surface area (Å²) in [7, 11) is -4.41. The van der Waals surface area contributed by atoms with Crippen LogP contribution in [0.5, 0.6) is 5.75 Å². The molecular formula is C30H33FN7O8P. The molecule has 6 atom stereocenters. The Balaban J connectivity index is 1.32. The number of aliphatic hydroxyl groups excluding tert-OH is 2. The van der Waals surface area contributed by atoms with Crippen LogP contribution in [0, 0.1) is 17.1 Å². The van der Waals surface area contributed by atoms with E-state index in [0.29, 0.717) is 17.8 Å². The van der Waals surface area contributed by atoms with Crippen molar-refractivity contribution in [3.05, 3.63) is 90.1 Å². The number of nitrogens with zero attached hydrogens (tertiary/aromatic N) is 4. The number of carbonyl (C=O) groups is 1. The summed E-state index contributed by atoms with van der Waals surface area (Å²) in [5, 5.41) is 41.8. The minimum atomic E-state index is -4.41. The quantitative estimate of drug-likeness (QED) is 0.0963. The van der Waals surface area contributed by atoms with Crippen molar-refractivity contribution in [1.29, 1.82) is 5.26 Å². The molecule has 17 heteroatoms. The number of benzene rings is 2. The van der Waals surface area contributed by atoms with Gasteiger partial charge in [0.15, 0.2) is 5.82 Å². The first-order valence-corrected chi connectivity index (χ1v) is 16.1. The van der Waals surface area contributed by atoms with Crippen LogP contribution in [-0.2, 0) is 35.5 Å². The zero-order valence-electron chi connectivity index (χ0n) is 25.1. The van der Waals surface area contributed by atoms with Gasteiger partial charge in [0.2, 0.25) is 5.60 Å². The number of nitrogens with two attached hydrogens (primary N) is 1. The highest BCUT2D eigenvalue weighted by Crippen LogP contribution is 2.47. The van der Waals surface area contributed by atoms with E-state index in [1.807, 2.05) is 11.3 Å². The Hall–Kier alpha value is -4.46. The fourth-order valence-corrected chi connectivity index (χ4v) is 6.03. The number of ether oxygens (including phenoxy) is 1. The summed E-state index contributed by atoms with van der Waals surface area (Å²) >= 11 is 0. The Bertz CT molecular complexity index is 1770. The molecule has 1 aliphatic heterocycles. The number of halogens is 1. The van der Waals surface area contributed by atoms with Crippen LogP contribution in [0.3, 0.4) is 0 Å². The van der Waals surface area contributed by atoms with Crippen molar-refractivity contribution in [2.45, 2.75) is 49.7 Å². The maximum atomic E-state index is 13.5. The molecule has 0 saturated carbocycles. The zero-order valence-corrected chi connectivity index (χ0v) is 26.0. The van der Waals surface area contributed by atoms with Gasteiger partial charge in [0.1, 0.15) is 47.8 Å². The summed E-state index contributed by atoms with van der Waals surface area (Å²) in [6, 6.07) is 18.7. The molecule has 0 bridgehead atoms. The van der Waals surface area contributed by atoms with Crippen LogP contribution in [0.15, 0.2) is 73.1 Å². The van der Waals surface area contributed by atoms with Crippen molar-refractivity contribution in [3.63, 3.8) is 0 Å². The highest BCUT2D eigenvalue weighted by atomic mass is 31.2. The molecular weight excluding hydrogens is 636 g/mol. The number of nitriles is 1. The highest BCUT2D eigenvalue weighted by Gasteiger charge is 2.58. The molecule has 1 fully saturated rings. The van der Waals surface area contributed by atoms with Crippen molar-refractivity contribution in [1.82, 2.24) is 19.8 Å². The molecule has 0 radical (unpaired) electrons. The number of hydrogen-bond acceptors (Lipinski definition) is 13. The van der Waals surface area contributed by atoms with Gasteiger partial charge in [-0.25, -0.2) is 18.5 Å². The van der Waals surface area contributed by atoms with Gasteiger partial charge in [0, 0.05) is 19.0 Å². The van der Waals surface area contributed by atoms with Gasteiger partial charge >= 0.3 is 13.7 Å². The van der Waals surface area contributed by atoms with E-state index in [-0.39, 0.29) is 36.3 Å². The minimum absolute atomic E-state index is 0.0332. The Morgan fingerprint density at radius 2 is 1.96 bits per heavy atom. The van der Waals surface area contributed by atoms with Crippen LogP contribution in [0.2, 0.25) is 0 Å². The summed E-state index contributed by atoms with van der Waals surface area (Å²) in [5.74, 6) is -0.592. The summed E-state index contributed by atoms with van der Waals surface area (Å²) in [6.45, 7) is 1.16. The summed E-state index contributed by atoms with van der Waals surface area (Å²) in [6.07, 6.45) is -3.21. The normalized spacial score (nSPS) is 22.7. The lowest BCUT2D eigenvalue weighted by Gasteiger charge is -2.24. The van der Waals surface area contributed by atoms with Crippen LogP contribution in [0.25, 0.3) is 5.52 Å². The lowest BCUT2D eigenvalue weighted by Crippen LogP contribution is -2.41. The average Bonchev–Trinajstić information content (AvgIpc) is 3.62. The molecule has 2 unspecified atom stereocenters. The Morgan fingerprint density at radius 3 is 2.66 bits per heavy atom. The van der Waals surface area contributed by atoms with E-state index in [2.05, 4.69) is 15.4 Å². The van der Waals surface area contributed by atoms with Crippen LogP contribution in [0.4, 0.5) is 10.2 Å². The second-order valence-electron chi connectivity index (χ2n) is 10.7. The molecule has 15 nitrogen and oxygen atoms in total. The van der Waals surface area contributed by atoms with E-state index in [1.165, 1.54) is 48.1 Å². The van der Waals surface area contributed by atoms with E-state index in [4.69, 9.17) is 24.4 Å². The van der Waals surface area contributed by atoms with E-state index >= 15 is 0 Å². The average molecular weight is 670 g/mol. The number of rotatable bonds is 14. The summed E-state index contributed by atoms with van der Waals surface area (Å²) in [5.41, 5.74) is 5.48. The van der Waals surface area contributed by atoms with E-state index in [1.54, 1.807) is 36.4 Å². The van der Waals surface area contributed by atoms with Gasteiger partial charge in [0.05, 0.1) is 12.3 Å². The number of para-hydroxylation sites is 1. The molecule has 5 rings (SSSR count). The second kappa shape index (κ2) is 14.5. The van der Waals surface area contributed by atoms with Gasteiger partial charge in [-0.15, -0.1) is 0 Å². The fourth-order valence-electron chi connectivity index (χ4n) is 4.93. The molecule has 248 valence electrons. The third kappa shape index (κ3) is 7.58. The first-order chi connectivity index (χ1) is 22.6. The SMILES string of the molecule is CCC(=O)ONP(=O)(OC[C@H]1O[C@@](C#N)(c2ccc3c(NCC(N)Cc4ccc(F)cc4)ncnn23)[C@H](O)[C@@H]1O)Oc1ccccc1. The number of fused-ring (bicyclic) bond motifs is 1. The molecule has 2 aromatic carbocycles. The van der Waals surface area contributed by atoms with Crippen molar-refractivity contribution in [3.8, 4) is 11.8 Å². The van der Waals surface area contributed by atoms with Gasteiger partial charge < -0.3 is 35.4 Å². The van der Waals surface area contributed by atoms with Gasteiger partial charge in [-0.3, -0.25) is 9.32 Å². The van der Waals surface area contributed by atoms with Gasteiger partial charge in [0.25, 0.3) is 0 Å². The summed E-state index contributed by atoms with van der Waals surface area (Å²) in [4.78, 5) is 20.8. The highest BCUT2D eigenvalue weighted by molar-refractivity contribution is 7.51. The van der Waals surface area contributed by atoms with E-state index in [0.717, 1.165) is 5.56 Å². The lowest BCUT2D eigenvalue weighted by atomic mass is 9.92. The fraction of sp³-hybridized carbons (Fsp3) is 0.333. The third-order valence-electron chi connectivity index (χ3n) is 7.34. The molecule has 0 aliphatic carbocycles. The van der Waals surface area contributed by atoms with Crippen LogP contribution < -0.4 is 20.8 Å². The Labute approximate surface area is 268 Å². The maximum absolute atomic E-state index is 13.5. The van der Waals surface area contributed by atoms with E-state index in [9.17, 15) is 29.2 Å². The first kappa shape index (κ1) is 33.9. The van der Waals surface area contributed by atoms with Gasteiger partial charge in [-0.1, -0.05) is 37.3 Å².